The van der Waals surface area contributed by atoms with Crippen molar-refractivity contribution in [2.75, 3.05) is 0 Å². The van der Waals surface area contributed by atoms with Gasteiger partial charge in [-0.2, -0.15) is 0 Å². The fourth-order valence-electron chi connectivity index (χ4n) is 9.34. The number of thiophene rings is 1. The van der Waals surface area contributed by atoms with Crippen molar-refractivity contribution in [2.45, 2.75) is 0 Å². The Hall–Kier alpha value is -7.73. The highest BCUT2D eigenvalue weighted by Gasteiger charge is 2.22. The molecule has 0 radical (unpaired) electrons. The normalized spacial score (nSPS) is 12.0. The summed E-state index contributed by atoms with van der Waals surface area (Å²) in [6.07, 6.45) is 0. The Morgan fingerprint density at radius 3 is 1.80 bits per heavy atom. The number of aromatic nitrogens is 4. The van der Waals surface area contributed by atoms with E-state index < -0.39 is 0 Å². The summed E-state index contributed by atoms with van der Waals surface area (Å²) in [4.78, 5) is 15.8. The van der Waals surface area contributed by atoms with Crippen molar-refractivity contribution >= 4 is 96.4 Å². The number of rotatable bonds is 4. The van der Waals surface area contributed by atoms with Crippen LogP contribution in [0.2, 0.25) is 0 Å². The largest absolute Gasteiger partial charge is 0.309 e. The number of benzene rings is 10. The minimum atomic E-state index is 0.648. The minimum Gasteiger partial charge on any atom is -0.309 e. The zero-order chi connectivity index (χ0) is 39.3. The van der Waals surface area contributed by atoms with Gasteiger partial charge in [0, 0.05) is 53.3 Å². The van der Waals surface area contributed by atoms with Crippen molar-refractivity contribution < 1.29 is 0 Å². The van der Waals surface area contributed by atoms with Crippen molar-refractivity contribution in [3.8, 4) is 39.9 Å². The molecule has 5 heteroatoms. The Kier molecular flexibility index (Phi) is 7.14. The molecule has 0 aliphatic carbocycles. The molecular weight excluding hydrogens is 749 g/mol. The van der Waals surface area contributed by atoms with Gasteiger partial charge in [-0.3, -0.25) is 0 Å². The highest BCUT2D eigenvalue weighted by Crippen LogP contribution is 2.46. The van der Waals surface area contributed by atoms with Crippen LogP contribution in [-0.2, 0) is 0 Å². The average molecular weight is 781 g/mol. The Balaban J connectivity index is 1.11. The minimum absolute atomic E-state index is 0.648. The van der Waals surface area contributed by atoms with E-state index in [1.165, 1.54) is 68.9 Å². The van der Waals surface area contributed by atoms with Gasteiger partial charge < -0.3 is 4.57 Å². The highest BCUT2D eigenvalue weighted by molar-refractivity contribution is 7.26. The standard InChI is InChI=1S/C55H32N4S/c1-2-14-35(15-3-1)53-56-54(40-23-22-33-12-4-5-16-36(33)28-40)58-55(57-53)46-30-39-19-9-11-21-43(39)52-51(46)45-32-41(25-27-49(45)60-52)59-47-26-24-34-13-8-10-20-42(34)50(47)44-29-37-17-6-7-18-38(37)31-48(44)59/h1-32H. The van der Waals surface area contributed by atoms with E-state index in [1.54, 1.807) is 0 Å². The lowest BCUT2D eigenvalue weighted by molar-refractivity contribution is 1.08. The van der Waals surface area contributed by atoms with E-state index in [9.17, 15) is 0 Å². The van der Waals surface area contributed by atoms with Crippen LogP contribution in [-0.4, -0.2) is 19.5 Å². The van der Waals surface area contributed by atoms with Crippen LogP contribution in [0, 0.1) is 0 Å². The third-order valence-corrected chi connectivity index (χ3v) is 13.3. The van der Waals surface area contributed by atoms with Gasteiger partial charge in [0.25, 0.3) is 0 Å². The predicted molar refractivity (Wildman–Crippen MR) is 253 cm³/mol. The molecule has 0 bridgehead atoms. The maximum Gasteiger partial charge on any atom is 0.164 e. The van der Waals surface area contributed by atoms with Crippen LogP contribution in [0.1, 0.15) is 0 Å². The summed E-state index contributed by atoms with van der Waals surface area (Å²) in [7, 11) is 0. The summed E-state index contributed by atoms with van der Waals surface area (Å²) >= 11 is 1.84. The predicted octanol–water partition coefficient (Wildman–Crippen LogP) is 15.0. The van der Waals surface area contributed by atoms with E-state index in [4.69, 9.17) is 15.0 Å². The van der Waals surface area contributed by atoms with Crippen molar-refractivity contribution in [3.05, 3.63) is 194 Å². The molecule has 60 heavy (non-hydrogen) atoms. The molecule has 0 fully saturated rings. The molecule has 13 aromatic rings. The first-order valence-corrected chi connectivity index (χ1v) is 21.1. The number of fused-ring (bicyclic) bond motifs is 12. The van der Waals surface area contributed by atoms with Crippen molar-refractivity contribution in [2.24, 2.45) is 0 Å². The lowest BCUT2D eigenvalue weighted by Crippen LogP contribution is -2.00. The van der Waals surface area contributed by atoms with Crippen LogP contribution < -0.4 is 0 Å². The molecule has 10 aromatic carbocycles. The fourth-order valence-corrected chi connectivity index (χ4v) is 10.6. The van der Waals surface area contributed by atoms with Gasteiger partial charge in [-0.15, -0.1) is 11.3 Å². The van der Waals surface area contributed by atoms with Gasteiger partial charge in [0.1, 0.15) is 0 Å². The highest BCUT2D eigenvalue weighted by atomic mass is 32.1. The van der Waals surface area contributed by atoms with Crippen LogP contribution in [0.25, 0.3) is 125 Å². The van der Waals surface area contributed by atoms with Gasteiger partial charge in [-0.1, -0.05) is 146 Å². The summed E-state index contributed by atoms with van der Waals surface area (Å²) < 4.78 is 4.90. The van der Waals surface area contributed by atoms with Crippen molar-refractivity contribution in [1.82, 2.24) is 19.5 Å². The van der Waals surface area contributed by atoms with Crippen LogP contribution in [0.4, 0.5) is 0 Å². The van der Waals surface area contributed by atoms with Crippen molar-refractivity contribution in [1.29, 1.82) is 0 Å². The summed E-state index contributed by atoms with van der Waals surface area (Å²) in [5.74, 6) is 1.95. The third kappa shape index (κ3) is 5.06. The number of hydrogen-bond acceptors (Lipinski definition) is 4. The topological polar surface area (TPSA) is 43.6 Å². The quantitative estimate of drug-likeness (QED) is 0.179. The molecule has 0 amide bonds. The lowest BCUT2D eigenvalue weighted by atomic mass is 9.99. The monoisotopic (exact) mass is 780 g/mol. The average Bonchev–Trinajstić information content (AvgIpc) is 3.86. The molecule has 278 valence electrons. The van der Waals surface area contributed by atoms with E-state index in [1.807, 2.05) is 29.5 Å². The van der Waals surface area contributed by atoms with Gasteiger partial charge in [-0.05, 0) is 91.6 Å². The Labute approximate surface area is 348 Å². The summed E-state index contributed by atoms with van der Waals surface area (Å²) in [6, 6.07) is 69.8. The van der Waals surface area contributed by atoms with Gasteiger partial charge in [0.2, 0.25) is 0 Å². The molecule has 0 saturated heterocycles. The zero-order valence-electron chi connectivity index (χ0n) is 32.2. The lowest BCUT2D eigenvalue weighted by Gasteiger charge is -2.12. The molecule has 3 aromatic heterocycles. The summed E-state index contributed by atoms with van der Waals surface area (Å²) in [5.41, 5.74) is 6.39. The molecular formula is C55H32N4S. The maximum atomic E-state index is 5.34. The molecule has 0 spiro atoms. The Morgan fingerprint density at radius 1 is 0.350 bits per heavy atom. The number of nitrogens with zero attached hydrogens (tertiary/aromatic N) is 4. The first-order chi connectivity index (χ1) is 29.7. The van der Waals surface area contributed by atoms with Gasteiger partial charge >= 0.3 is 0 Å². The van der Waals surface area contributed by atoms with Gasteiger partial charge in [0.05, 0.1) is 11.0 Å². The summed E-state index contributed by atoms with van der Waals surface area (Å²) in [5, 5.41) is 14.5. The molecule has 0 unspecified atom stereocenters. The Bertz CT molecular complexity index is 3900. The molecule has 4 nitrogen and oxygen atoms in total. The zero-order valence-corrected chi connectivity index (χ0v) is 33.0. The second-order valence-corrected chi connectivity index (χ2v) is 16.7. The van der Waals surface area contributed by atoms with Gasteiger partial charge in [-0.25, -0.2) is 15.0 Å². The molecule has 0 aliphatic heterocycles. The van der Waals surface area contributed by atoms with Crippen LogP contribution in [0.15, 0.2) is 194 Å². The van der Waals surface area contributed by atoms with Crippen LogP contribution in [0.5, 0.6) is 0 Å². The van der Waals surface area contributed by atoms with Gasteiger partial charge in [0.15, 0.2) is 17.5 Å². The second-order valence-electron chi connectivity index (χ2n) is 15.6. The second kappa shape index (κ2) is 12.9. The molecule has 0 N–H and O–H groups in total. The van der Waals surface area contributed by atoms with E-state index in [0.29, 0.717) is 17.5 Å². The van der Waals surface area contributed by atoms with E-state index >= 15 is 0 Å². The first-order valence-electron chi connectivity index (χ1n) is 20.3. The number of hydrogen-bond donors (Lipinski definition) is 0. The van der Waals surface area contributed by atoms with Crippen LogP contribution >= 0.6 is 11.3 Å². The first kappa shape index (κ1) is 33.3. The molecule has 0 atom stereocenters. The molecule has 0 aliphatic rings. The molecule has 13 rings (SSSR count). The Morgan fingerprint density at radius 2 is 0.983 bits per heavy atom. The smallest absolute Gasteiger partial charge is 0.164 e. The van der Waals surface area contributed by atoms with E-state index in [-0.39, 0.29) is 0 Å². The SMILES string of the molecule is c1ccc(-c2nc(-c3ccc4ccccc4c3)nc(-c3cc4ccccc4c4sc5ccc(-n6c7cc8ccccc8cc7c7c8ccccc8ccc76)cc5c34)n2)cc1. The maximum absolute atomic E-state index is 5.34. The third-order valence-electron chi connectivity index (χ3n) is 12.1. The van der Waals surface area contributed by atoms with Crippen LogP contribution in [0.3, 0.4) is 0 Å². The van der Waals surface area contributed by atoms with Crippen molar-refractivity contribution in [3.63, 3.8) is 0 Å². The molecule has 0 saturated carbocycles. The van der Waals surface area contributed by atoms with E-state index in [2.05, 4.69) is 180 Å². The fraction of sp³-hybridized carbons (Fsp3) is 0. The van der Waals surface area contributed by atoms with E-state index in [0.717, 1.165) is 38.5 Å². The molecule has 3 heterocycles. The summed E-state index contributed by atoms with van der Waals surface area (Å²) in [6.45, 7) is 0.